The van der Waals surface area contributed by atoms with Gasteiger partial charge < -0.3 is 14.7 Å². The molecule has 138 valence electrons. The lowest BCUT2D eigenvalue weighted by molar-refractivity contribution is -0.892. The van der Waals surface area contributed by atoms with E-state index in [0.717, 1.165) is 26.2 Å². The first kappa shape index (κ1) is 18.2. The number of quaternary nitrogens is 1. The molecule has 2 heterocycles. The predicted octanol–water partition coefficient (Wildman–Crippen LogP) is -0.573. The third-order valence-corrected chi connectivity index (χ3v) is 7.05. The normalized spacial score (nSPS) is 23.6. The first-order valence-corrected chi connectivity index (χ1v) is 10.9. The molecule has 1 aromatic rings. The van der Waals surface area contributed by atoms with Crippen LogP contribution in [0.5, 0.6) is 0 Å². The molecule has 0 bridgehead atoms. The number of carbonyl (C=O) groups is 1. The number of hydrogen-bond acceptors (Lipinski definition) is 4. The maximum atomic E-state index is 12.7. The second-order valence-corrected chi connectivity index (χ2v) is 9.21. The average Bonchev–Trinajstić information content (AvgIpc) is 2.96. The number of amides is 1. The molecule has 0 radical (unpaired) electrons. The Hall–Kier alpha value is -1.60. The molecule has 2 saturated heterocycles. The summed E-state index contributed by atoms with van der Waals surface area (Å²) in [5.41, 5.74) is 1.24. The van der Waals surface area contributed by atoms with Crippen LogP contribution in [0.15, 0.2) is 30.3 Å². The van der Waals surface area contributed by atoms with Crippen LogP contribution in [0.2, 0.25) is 0 Å². The van der Waals surface area contributed by atoms with Crippen LogP contribution in [0.25, 0.3) is 0 Å². The molecule has 0 aromatic heterocycles. The highest BCUT2D eigenvalue weighted by molar-refractivity contribution is 7.91. The zero-order valence-electron chi connectivity index (χ0n) is 14.9. The van der Waals surface area contributed by atoms with Crippen molar-refractivity contribution in [3.05, 3.63) is 30.3 Å². The van der Waals surface area contributed by atoms with Crippen molar-refractivity contribution in [2.75, 3.05) is 55.7 Å². The number of anilines is 1. The number of nitrogens with zero attached hydrogens (tertiary/aromatic N) is 2. The summed E-state index contributed by atoms with van der Waals surface area (Å²) >= 11 is 0. The van der Waals surface area contributed by atoms with Gasteiger partial charge in [0, 0.05) is 18.3 Å². The molecule has 3 rings (SSSR count). The monoisotopic (exact) mass is 366 g/mol. The number of hydrogen-bond donors (Lipinski definition) is 1. The molecule has 0 aliphatic carbocycles. The first-order chi connectivity index (χ1) is 12.0. The van der Waals surface area contributed by atoms with Crippen LogP contribution in [0, 0.1) is 0 Å². The van der Waals surface area contributed by atoms with Crippen molar-refractivity contribution in [3.8, 4) is 0 Å². The molecule has 0 unspecified atom stereocenters. The van der Waals surface area contributed by atoms with E-state index < -0.39 is 9.84 Å². The minimum Gasteiger partial charge on any atom is -0.360 e. The van der Waals surface area contributed by atoms with Gasteiger partial charge in [0.25, 0.3) is 5.91 Å². The highest BCUT2D eigenvalue weighted by Gasteiger charge is 2.35. The Morgan fingerprint density at radius 2 is 1.92 bits per heavy atom. The Balaban J connectivity index is 1.52. The highest BCUT2D eigenvalue weighted by atomic mass is 32.2. The van der Waals surface area contributed by atoms with Crippen molar-refractivity contribution in [1.82, 2.24) is 4.90 Å². The number of para-hydroxylation sites is 1. The van der Waals surface area contributed by atoms with Crippen LogP contribution >= 0.6 is 0 Å². The maximum Gasteiger partial charge on any atom is 0.278 e. The Bertz CT molecular complexity index is 685. The predicted molar refractivity (Wildman–Crippen MR) is 98.7 cm³/mol. The molecule has 25 heavy (non-hydrogen) atoms. The molecule has 6 nitrogen and oxygen atoms in total. The number of piperazine rings is 1. The minimum absolute atomic E-state index is 0.0905. The third kappa shape index (κ3) is 4.52. The fourth-order valence-electron chi connectivity index (χ4n) is 3.87. The third-order valence-electron chi connectivity index (χ3n) is 5.30. The van der Waals surface area contributed by atoms with Crippen LogP contribution in [0.3, 0.4) is 0 Å². The van der Waals surface area contributed by atoms with Gasteiger partial charge in [0.05, 0.1) is 37.7 Å². The summed E-state index contributed by atoms with van der Waals surface area (Å²) in [5.74, 6) is 0.432. The zero-order chi connectivity index (χ0) is 17.9. The molecule has 1 N–H and O–H groups in total. The van der Waals surface area contributed by atoms with Gasteiger partial charge in [-0.3, -0.25) is 4.79 Å². The van der Waals surface area contributed by atoms with Gasteiger partial charge in [0.1, 0.15) is 0 Å². The molecule has 7 heteroatoms. The first-order valence-electron chi connectivity index (χ1n) is 9.12. The van der Waals surface area contributed by atoms with E-state index in [1.165, 1.54) is 10.6 Å². The molecule has 0 spiro atoms. The van der Waals surface area contributed by atoms with Gasteiger partial charge in [0.15, 0.2) is 16.4 Å². The Labute approximate surface area is 150 Å². The van der Waals surface area contributed by atoms with Crippen LogP contribution < -0.4 is 9.80 Å². The summed E-state index contributed by atoms with van der Waals surface area (Å²) in [6, 6.07) is 10.2. The van der Waals surface area contributed by atoms with Crippen molar-refractivity contribution in [1.29, 1.82) is 0 Å². The van der Waals surface area contributed by atoms with E-state index in [9.17, 15) is 13.2 Å². The van der Waals surface area contributed by atoms with Gasteiger partial charge >= 0.3 is 0 Å². The molecule has 2 fully saturated rings. The molecule has 2 aliphatic rings. The van der Waals surface area contributed by atoms with Crippen molar-refractivity contribution in [3.63, 3.8) is 0 Å². The molecule has 1 amide bonds. The molecule has 2 aliphatic heterocycles. The second-order valence-electron chi connectivity index (χ2n) is 6.99. The topological polar surface area (TPSA) is 62.1 Å². The Morgan fingerprint density at radius 3 is 2.48 bits per heavy atom. The van der Waals surface area contributed by atoms with Crippen molar-refractivity contribution in [2.45, 2.75) is 19.4 Å². The summed E-state index contributed by atoms with van der Waals surface area (Å²) in [7, 11) is -2.96. The Morgan fingerprint density at radius 1 is 1.24 bits per heavy atom. The summed E-state index contributed by atoms with van der Waals surface area (Å²) in [6.07, 6.45) is 0.582. The van der Waals surface area contributed by atoms with Gasteiger partial charge in [-0.2, -0.15) is 0 Å². The number of sulfone groups is 1. The zero-order valence-corrected chi connectivity index (χ0v) is 15.7. The van der Waals surface area contributed by atoms with E-state index in [-0.39, 0.29) is 23.5 Å². The lowest BCUT2D eigenvalue weighted by atomic mass is 10.2. The summed E-state index contributed by atoms with van der Waals surface area (Å²) in [5, 5.41) is 0. The smallest absolute Gasteiger partial charge is 0.278 e. The van der Waals surface area contributed by atoms with Crippen molar-refractivity contribution >= 4 is 21.4 Å². The summed E-state index contributed by atoms with van der Waals surface area (Å²) in [6.45, 7) is 6.73. The van der Waals surface area contributed by atoms with Crippen LogP contribution in [-0.2, 0) is 14.6 Å². The average molecular weight is 367 g/mol. The standard InChI is InChI=1S/C18H27N3O3S/c1-2-21(17-8-13-25(23,24)15-17)18(22)14-19-9-11-20(12-10-19)16-6-4-3-5-7-16/h3-7,17H,2,8-15H2,1H3/p+1/t17-/m1/s1. The van der Waals surface area contributed by atoms with Gasteiger partial charge in [0.2, 0.25) is 0 Å². The van der Waals surface area contributed by atoms with Gasteiger partial charge in [-0.15, -0.1) is 0 Å². The van der Waals surface area contributed by atoms with Gasteiger partial charge in [-0.1, -0.05) is 18.2 Å². The van der Waals surface area contributed by atoms with Crippen LogP contribution in [0.1, 0.15) is 13.3 Å². The van der Waals surface area contributed by atoms with E-state index in [4.69, 9.17) is 0 Å². The number of likely N-dealkylation sites (N-methyl/N-ethyl adjacent to an activating group) is 1. The van der Waals surface area contributed by atoms with Gasteiger partial charge in [-0.25, -0.2) is 8.42 Å². The fourth-order valence-corrected chi connectivity index (χ4v) is 5.60. The molecule has 0 saturated carbocycles. The molecule has 1 aromatic carbocycles. The van der Waals surface area contributed by atoms with E-state index in [0.29, 0.717) is 19.5 Å². The molecule has 1 atom stereocenters. The van der Waals surface area contributed by atoms with Crippen LogP contribution in [-0.4, -0.2) is 76.0 Å². The number of nitrogens with one attached hydrogen (secondary N) is 1. The largest absolute Gasteiger partial charge is 0.360 e. The maximum absolute atomic E-state index is 12.7. The summed E-state index contributed by atoms with van der Waals surface area (Å²) < 4.78 is 23.4. The van der Waals surface area contributed by atoms with E-state index in [1.54, 1.807) is 4.90 Å². The van der Waals surface area contributed by atoms with Crippen molar-refractivity contribution in [2.24, 2.45) is 0 Å². The van der Waals surface area contributed by atoms with Crippen molar-refractivity contribution < 1.29 is 18.1 Å². The molecular formula is C18H28N3O3S+. The lowest BCUT2D eigenvalue weighted by Crippen LogP contribution is -3.16. The van der Waals surface area contributed by atoms with E-state index in [2.05, 4.69) is 17.0 Å². The van der Waals surface area contributed by atoms with Gasteiger partial charge in [-0.05, 0) is 25.5 Å². The Kier molecular flexibility index (Phi) is 5.64. The summed E-state index contributed by atoms with van der Waals surface area (Å²) in [4.78, 5) is 18.1. The number of rotatable bonds is 5. The quantitative estimate of drug-likeness (QED) is 0.758. The minimum atomic E-state index is -2.96. The number of carbonyl (C=O) groups excluding carboxylic acids is 1. The fraction of sp³-hybridized carbons (Fsp3) is 0.611. The highest BCUT2D eigenvalue weighted by Crippen LogP contribution is 2.17. The van der Waals surface area contributed by atoms with E-state index >= 15 is 0 Å². The SMILES string of the molecule is CCN(C(=O)C[NH+]1CCN(c2ccccc2)CC1)[C@@H]1CCS(=O)(=O)C1. The lowest BCUT2D eigenvalue weighted by Gasteiger charge is -2.35. The molecular weight excluding hydrogens is 338 g/mol. The second kappa shape index (κ2) is 7.74. The van der Waals surface area contributed by atoms with E-state index in [1.807, 2.05) is 25.1 Å². The van der Waals surface area contributed by atoms with Crippen LogP contribution in [0.4, 0.5) is 5.69 Å². The number of benzene rings is 1.